The second-order valence-corrected chi connectivity index (χ2v) is 3.91. The Bertz CT molecular complexity index is 635. The summed E-state index contributed by atoms with van der Waals surface area (Å²) in [4.78, 5) is 21.9. The third kappa shape index (κ3) is 3.52. The molecule has 7 nitrogen and oxygen atoms in total. The van der Waals surface area contributed by atoms with E-state index in [4.69, 9.17) is 4.42 Å². The second-order valence-electron chi connectivity index (χ2n) is 3.91. The summed E-state index contributed by atoms with van der Waals surface area (Å²) in [5.41, 5.74) is 3.27. The van der Waals surface area contributed by atoms with E-state index < -0.39 is 10.8 Å². The van der Waals surface area contributed by atoms with Crippen molar-refractivity contribution in [2.24, 2.45) is 5.10 Å². The maximum absolute atomic E-state index is 11.6. The van der Waals surface area contributed by atoms with Crippen LogP contribution in [0.4, 0.5) is 5.69 Å². The molecule has 20 heavy (non-hydrogen) atoms. The maximum Gasteiger partial charge on any atom is 0.273 e. The third-order valence-corrected chi connectivity index (χ3v) is 2.49. The first kappa shape index (κ1) is 13.5. The van der Waals surface area contributed by atoms with E-state index in [1.54, 1.807) is 18.2 Å². The first-order valence-corrected chi connectivity index (χ1v) is 5.73. The van der Waals surface area contributed by atoms with Crippen molar-refractivity contribution >= 4 is 17.8 Å². The van der Waals surface area contributed by atoms with Crippen LogP contribution in [0.5, 0.6) is 0 Å². The normalized spacial score (nSPS) is 10.6. The van der Waals surface area contributed by atoms with Crippen molar-refractivity contribution in [3.8, 4) is 0 Å². The van der Waals surface area contributed by atoms with Crippen LogP contribution < -0.4 is 5.43 Å². The lowest BCUT2D eigenvalue weighted by Gasteiger charge is -2.01. The highest BCUT2D eigenvalue weighted by Crippen LogP contribution is 2.17. The minimum atomic E-state index is -0.517. The molecule has 0 aliphatic heterocycles. The molecule has 7 heteroatoms. The van der Waals surface area contributed by atoms with Gasteiger partial charge in [0.1, 0.15) is 0 Å². The topological polar surface area (TPSA) is 97.7 Å². The molecule has 0 aliphatic rings. The van der Waals surface area contributed by atoms with Crippen molar-refractivity contribution in [2.45, 2.75) is 6.42 Å². The number of furan rings is 1. The van der Waals surface area contributed by atoms with Gasteiger partial charge >= 0.3 is 0 Å². The van der Waals surface area contributed by atoms with Crippen LogP contribution in [0.1, 0.15) is 11.1 Å². The highest BCUT2D eigenvalue weighted by Gasteiger charge is 2.14. The Kier molecular flexibility index (Phi) is 4.23. The summed E-state index contributed by atoms with van der Waals surface area (Å²) in [7, 11) is 0. The minimum absolute atomic E-state index is 0.0820. The molecule has 1 aromatic carbocycles. The number of para-hydroxylation sites is 1. The molecular formula is C13H11N3O4. The van der Waals surface area contributed by atoms with Gasteiger partial charge in [0.25, 0.3) is 5.69 Å². The number of nitro groups is 1. The van der Waals surface area contributed by atoms with Gasteiger partial charge in [-0.05, 0) is 6.07 Å². The summed E-state index contributed by atoms with van der Waals surface area (Å²) in [6, 6.07) is 7.77. The molecule has 0 spiro atoms. The molecule has 0 fully saturated rings. The predicted octanol–water partition coefficient (Wildman–Crippen LogP) is 1.88. The Labute approximate surface area is 114 Å². The molecule has 0 bridgehead atoms. The van der Waals surface area contributed by atoms with E-state index >= 15 is 0 Å². The quantitative estimate of drug-likeness (QED) is 0.511. The molecule has 0 aliphatic carbocycles. The molecule has 1 amide bonds. The lowest BCUT2D eigenvalue weighted by Crippen LogP contribution is -2.20. The average molecular weight is 273 g/mol. The van der Waals surface area contributed by atoms with Crippen LogP contribution in [-0.4, -0.2) is 17.0 Å². The number of carbonyl (C=O) groups excluding carboxylic acids is 1. The fourth-order valence-corrected chi connectivity index (χ4v) is 1.58. The lowest BCUT2D eigenvalue weighted by atomic mass is 10.1. The van der Waals surface area contributed by atoms with Crippen molar-refractivity contribution in [2.75, 3.05) is 0 Å². The summed E-state index contributed by atoms with van der Waals surface area (Å²) < 4.78 is 4.83. The zero-order valence-electron chi connectivity index (χ0n) is 10.4. The smallest absolute Gasteiger partial charge is 0.273 e. The average Bonchev–Trinajstić information content (AvgIpc) is 2.92. The van der Waals surface area contributed by atoms with Crippen molar-refractivity contribution in [3.05, 3.63) is 64.1 Å². The predicted molar refractivity (Wildman–Crippen MR) is 71.2 cm³/mol. The first-order chi connectivity index (χ1) is 9.66. The zero-order valence-corrected chi connectivity index (χ0v) is 10.4. The van der Waals surface area contributed by atoms with E-state index in [0.717, 1.165) is 0 Å². The van der Waals surface area contributed by atoms with Crippen LogP contribution in [0, 0.1) is 10.1 Å². The van der Waals surface area contributed by atoms with Crippen LogP contribution in [0.15, 0.2) is 52.4 Å². The zero-order chi connectivity index (χ0) is 14.4. The van der Waals surface area contributed by atoms with Gasteiger partial charge in [-0.25, -0.2) is 5.43 Å². The molecule has 0 saturated carbocycles. The van der Waals surface area contributed by atoms with Crippen LogP contribution in [0.2, 0.25) is 0 Å². The summed E-state index contributed by atoms with van der Waals surface area (Å²) in [5.74, 6) is -0.431. The van der Waals surface area contributed by atoms with E-state index in [1.807, 2.05) is 0 Å². The molecule has 1 N–H and O–H groups in total. The van der Waals surface area contributed by atoms with E-state index in [1.165, 1.54) is 30.9 Å². The Morgan fingerprint density at radius 3 is 2.90 bits per heavy atom. The fraction of sp³-hybridized carbons (Fsp3) is 0.0769. The van der Waals surface area contributed by atoms with E-state index in [2.05, 4.69) is 10.5 Å². The van der Waals surface area contributed by atoms with Crippen molar-refractivity contribution < 1.29 is 14.1 Å². The fourth-order valence-electron chi connectivity index (χ4n) is 1.58. The minimum Gasteiger partial charge on any atom is -0.472 e. The molecule has 2 aromatic rings. The van der Waals surface area contributed by atoms with Crippen molar-refractivity contribution in [1.29, 1.82) is 0 Å². The Balaban J connectivity index is 1.96. The molecule has 0 atom stereocenters. The van der Waals surface area contributed by atoms with E-state index in [9.17, 15) is 14.9 Å². The van der Waals surface area contributed by atoms with Gasteiger partial charge in [-0.2, -0.15) is 5.10 Å². The van der Waals surface area contributed by atoms with Gasteiger partial charge in [0, 0.05) is 17.2 Å². The summed E-state index contributed by atoms with van der Waals surface area (Å²) in [5, 5.41) is 14.5. The molecule has 1 heterocycles. The molecule has 2 rings (SSSR count). The number of hydrazone groups is 1. The summed E-state index contributed by atoms with van der Waals surface area (Å²) in [6.45, 7) is 0. The largest absolute Gasteiger partial charge is 0.472 e. The van der Waals surface area contributed by atoms with Gasteiger partial charge in [0.15, 0.2) is 0 Å². The van der Waals surface area contributed by atoms with Gasteiger partial charge in [-0.15, -0.1) is 0 Å². The van der Waals surface area contributed by atoms with Gasteiger partial charge in [-0.3, -0.25) is 14.9 Å². The monoisotopic (exact) mass is 273 g/mol. The Morgan fingerprint density at radius 2 is 2.20 bits per heavy atom. The molecule has 0 unspecified atom stereocenters. The third-order valence-electron chi connectivity index (χ3n) is 2.49. The van der Waals surface area contributed by atoms with Gasteiger partial charge in [-0.1, -0.05) is 18.2 Å². The Hall–Kier alpha value is -2.96. The second kappa shape index (κ2) is 6.28. The number of hydrogen-bond acceptors (Lipinski definition) is 5. The van der Waals surface area contributed by atoms with Gasteiger partial charge in [0.2, 0.25) is 5.91 Å². The summed E-state index contributed by atoms with van der Waals surface area (Å²) in [6.07, 6.45) is 4.26. The van der Waals surface area contributed by atoms with E-state index in [0.29, 0.717) is 11.1 Å². The standard InChI is InChI=1S/C13H11N3O4/c17-13(15-14-8-10-5-6-20-9-10)7-11-3-1-2-4-12(11)16(18)19/h1-6,8-9H,7H2,(H,15,17). The highest BCUT2D eigenvalue weighted by atomic mass is 16.6. The SMILES string of the molecule is O=C(Cc1ccccc1[N+](=O)[O-])NN=Cc1ccoc1. The molecule has 102 valence electrons. The van der Waals surface area contributed by atoms with Crippen LogP contribution in [0.3, 0.4) is 0 Å². The number of amides is 1. The van der Waals surface area contributed by atoms with Crippen LogP contribution >= 0.6 is 0 Å². The van der Waals surface area contributed by atoms with Crippen LogP contribution in [-0.2, 0) is 11.2 Å². The van der Waals surface area contributed by atoms with E-state index in [-0.39, 0.29) is 12.1 Å². The number of nitrogens with one attached hydrogen (secondary N) is 1. The molecule has 0 saturated heterocycles. The molecule has 0 radical (unpaired) electrons. The maximum atomic E-state index is 11.6. The number of rotatable bonds is 5. The van der Waals surface area contributed by atoms with Gasteiger partial charge in [0.05, 0.1) is 30.1 Å². The highest BCUT2D eigenvalue weighted by molar-refractivity contribution is 5.83. The number of hydrogen-bond donors (Lipinski definition) is 1. The van der Waals surface area contributed by atoms with Crippen molar-refractivity contribution in [3.63, 3.8) is 0 Å². The molecular weight excluding hydrogens is 262 g/mol. The van der Waals surface area contributed by atoms with Crippen molar-refractivity contribution in [1.82, 2.24) is 5.43 Å². The number of nitro benzene ring substituents is 1. The number of carbonyl (C=O) groups is 1. The number of benzene rings is 1. The lowest BCUT2D eigenvalue weighted by molar-refractivity contribution is -0.385. The number of nitrogens with zero attached hydrogens (tertiary/aromatic N) is 2. The molecule has 1 aromatic heterocycles. The first-order valence-electron chi connectivity index (χ1n) is 5.73. The van der Waals surface area contributed by atoms with Crippen LogP contribution in [0.25, 0.3) is 0 Å². The Morgan fingerprint density at radius 1 is 1.40 bits per heavy atom. The van der Waals surface area contributed by atoms with Gasteiger partial charge < -0.3 is 4.42 Å². The summed E-state index contributed by atoms with van der Waals surface area (Å²) >= 11 is 0.